The lowest BCUT2D eigenvalue weighted by atomic mass is 9.96. The highest BCUT2D eigenvalue weighted by Crippen LogP contribution is 2.35. The molecule has 1 aliphatic carbocycles. The number of aryl methyl sites for hydroxylation is 1. The summed E-state index contributed by atoms with van der Waals surface area (Å²) in [6.45, 7) is 0. The monoisotopic (exact) mass is 519 g/mol. The second-order valence-electron chi connectivity index (χ2n) is 8.71. The molecule has 0 saturated heterocycles. The smallest absolute Gasteiger partial charge is 0.184 e. The van der Waals surface area contributed by atoms with Gasteiger partial charge in [-0.05, 0) is 31.0 Å². The molecule has 0 amide bonds. The quantitative estimate of drug-likeness (QED) is 0.285. The predicted octanol–water partition coefficient (Wildman–Crippen LogP) is 5.24. The lowest BCUT2D eigenvalue weighted by molar-refractivity contribution is 0.399. The first-order valence-corrected chi connectivity index (χ1v) is 13.1. The van der Waals surface area contributed by atoms with Crippen molar-refractivity contribution in [3.8, 4) is 22.6 Å². The van der Waals surface area contributed by atoms with Gasteiger partial charge in [-0.2, -0.15) is 5.10 Å². The largest absolute Gasteiger partial charge is 0.456 e. The molecule has 1 fully saturated rings. The minimum absolute atomic E-state index is 0.528. The van der Waals surface area contributed by atoms with Crippen molar-refractivity contribution in [3.63, 3.8) is 0 Å². The molecule has 0 spiro atoms. The molecule has 0 radical (unpaired) electrons. The molecule has 4 N–H and O–H groups in total. The van der Waals surface area contributed by atoms with Crippen LogP contribution >= 0.6 is 11.3 Å². The third kappa shape index (κ3) is 6.33. The van der Waals surface area contributed by atoms with Gasteiger partial charge < -0.3 is 20.9 Å². The number of aliphatic hydroxyl groups excluding tert-OH is 1. The predicted molar refractivity (Wildman–Crippen MR) is 151 cm³/mol. The van der Waals surface area contributed by atoms with Crippen molar-refractivity contribution >= 4 is 38.5 Å². The fourth-order valence-electron chi connectivity index (χ4n) is 4.42. The first-order valence-electron chi connectivity index (χ1n) is 12.3. The van der Waals surface area contributed by atoms with Crippen molar-refractivity contribution in [2.24, 2.45) is 17.8 Å². The molecule has 3 aromatic heterocycles. The van der Waals surface area contributed by atoms with E-state index in [-0.39, 0.29) is 0 Å². The van der Waals surface area contributed by atoms with E-state index in [2.05, 4.69) is 20.4 Å². The number of ether oxygens (including phenoxy) is 1. The van der Waals surface area contributed by atoms with Crippen molar-refractivity contribution in [3.05, 3.63) is 54.7 Å². The number of aliphatic hydroxyl groups is 1. The maximum Gasteiger partial charge on any atom is 0.184 e. The number of fused-ring (bicyclic) bond motifs is 1. The van der Waals surface area contributed by atoms with E-state index in [1.54, 1.807) is 41.7 Å². The Morgan fingerprint density at radius 1 is 1.19 bits per heavy atom. The van der Waals surface area contributed by atoms with Crippen LogP contribution in [0.3, 0.4) is 0 Å². The molecule has 1 aromatic carbocycles. The van der Waals surface area contributed by atoms with E-state index >= 15 is 0 Å². The highest BCUT2D eigenvalue weighted by atomic mass is 32.1. The lowest BCUT2D eigenvalue weighted by Crippen LogP contribution is -2.21. The maximum absolute atomic E-state index is 7.00. The van der Waals surface area contributed by atoms with Crippen LogP contribution in [0.4, 0.5) is 5.13 Å². The first-order chi connectivity index (χ1) is 18.1. The van der Waals surface area contributed by atoms with Crippen LogP contribution < -0.4 is 15.8 Å². The van der Waals surface area contributed by atoms with Crippen molar-refractivity contribution in [2.75, 3.05) is 19.5 Å². The average molecular weight is 520 g/mol. The van der Waals surface area contributed by atoms with Gasteiger partial charge in [-0.25, -0.2) is 4.98 Å². The Labute approximate surface area is 220 Å². The number of aliphatic imine (C=N–C) groups is 1. The zero-order valence-electron chi connectivity index (χ0n) is 21.4. The molecule has 9 nitrogen and oxygen atoms in total. The number of rotatable bonds is 7. The van der Waals surface area contributed by atoms with E-state index in [4.69, 9.17) is 20.6 Å². The summed E-state index contributed by atoms with van der Waals surface area (Å²) in [7, 11) is 4.59. The Kier molecular flexibility index (Phi) is 8.86. The number of thiazole rings is 1. The number of anilines is 1. The highest BCUT2D eigenvalue weighted by Gasteiger charge is 2.16. The Morgan fingerprint density at radius 3 is 2.70 bits per heavy atom. The van der Waals surface area contributed by atoms with E-state index < -0.39 is 0 Å². The van der Waals surface area contributed by atoms with E-state index in [1.165, 1.54) is 38.3 Å². The lowest BCUT2D eigenvalue weighted by Gasteiger charge is -2.22. The molecule has 0 atom stereocenters. The van der Waals surface area contributed by atoms with Gasteiger partial charge in [-0.1, -0.05) is 30.6 Å². The number of hydrogen-bond donors (Lipinski definition) is 3. The topological polar surface area (TPSA) is 123 Å². The van der Waals surface area contributed by atoms with Crippen molar-refractivity contribution < 1.29 is 9.84 Å². The molecule has 0 unspecified atom stereocenters. The van der Waals surface area contributed by atoms with Crippen LogP contribution in [-0.2, 0) is 7.05 Å². The second kappa shape index (κ2) is 12.5. The summed E-state index contributed by atoms with van der Waals surface area (Å²) in [6, 6.07) is 8.47. The standard InChI is InChI=1S/C26H29N7OS.CH4O/c1-28-13-17(12-27)25-22(18-14-30-33(2)16-18)10-21(15-29-25)34-20-8-9-23-24(11-20)35-26(32-23)31-19-6-4-3-5-7-19;1-2/h8-16,19H,3-7,27H2,1-2H3,(H,31,32);2H,1H3/b17-12+,28-13?;. The van der Waals surface area contributed by atoms with Crippen molar-refractivity contribution in [2.45, 2.75) is 38.1 Å². The number of aromatic nitrogens is 4. The molecular formula is C27H33N7O2S. The molecule has 4 aromatic rings. The van der Waals surface area contributed by atoms with Crippen LogP contribution in [0.15, 0.2) is 54.0 Å². The van der Waals surface area contributed by atoms with E-state index in [9.17, 15) is 0 Å². The van der Waals surface area contributed by atoms with Gasteiger partial charge in [-0.3, -0.25) is 14.7 Å². The molecule has 37 heavy (non-hydrogen) atoms. The van der Waals surface area contributed by atoms with E-state index in [1.807, 2.05) is 37.5 Å². The van der Waals surface area contributed by atoms with Gasteiger partial charge >= 0.3 is 0 Å². The van der Waals surface area contributed by atoms with Crippen LogP contribution in [0.1, 0.15) is 37.8 Å². The molecular weight excluding hydrogens is 486 g/mol. The summed E-state index contributed by atoms with van der Waals surface area (Å²) >= 11 is 1.67. The fraction of sp³-hybridized carbons (Fsp3) is 0.333. The number of benzene rings is 1. The third-order valence-corrected chi connectivity index (χ3v) is 7.08. The summed E-state index contributed by atoms with van der Waals surface area (Å²) in [5.41, 5.74) is 10.1. The Balaban J connectivity index is 0.00000156. The summed E-state index contributed by atoms with van der Waals surface area (Å²) in [4.78, 5) is 13.5. The van der Waals surface area contributed by atoms with Crippen LogP contribution in [0.25, 0.3) is 26.9 Å². The second-order valence-corrected chi connectivity index (χ2v) is 9.74. The number of nitrogens with zero attached hydrogens (tertiary/aromatic N) is 5. The van der Waals surface area contributed by atoms with Crippen LogP contribution in [0, 0.1) is 0 Å². The number of nitrogens with two attached hydrogens (primary N) is 1. The number of nitrogens with one attached hydrogen (secondary N) is 1. The molecule has 3 heterocycles. The molecule has 1 aliphatic rings. The molecule has 10 heteroatoms. The van der Waals surface area contributed by atoms with Gasteiger partial charge in [0.05, 0.1) is 28.3 Å². The highest BCUT2D eigenvalue weighted by molar-refractivity contribution is 7.22. The summed E-state index contributed by atoms with van der Waals surface area (Å²) in [5, 5.41) is 15.9. The minimum atomic E-state index is 0.528. The van der Waals surface area contributed by atoms with Gasteiger partial charge in [0, 0.05) is 68.6 Å². The molecule has 1 saturated carbocycles. The zero-order chi connectivity index (χ0) is 26.2. The van der Waals surface area contributed by atoms with Crippen molar-refractivity contribution in [1.29, 1.82) is 0 Å². The zero-order valence-corrected chi connectivity index (χ0v) is 22.2. The van der Waals surface area contributed by atoms with Crippen LogP contribution in [0.5, 0.6) is 11.5 Å². The normalized spacial score (nSPS) is 14.5. The Bertz CT molecular complexity index is 1390. The SMILES string of the molecule is CN=C/C(=C\N)c1ncc(Oc2ccc3nc(NC4CCCCC4)sc3c2)cc1-c1cnn(C)c1.CO. The van der Waals surface area contributed by atoms with Gasteiger partial charge in [0.1, 0.15) is 11.5 Å². The number of hydrogen-bond acceptors (Lipinski definition) is 9. The summed E-state index contributed by atoms with van der Waals surface area (Å²) in [5.74, 6) is 1.36. The molecule has 0 aliphatic heterocycles. The molecule has 5 rings (SSSR count). The van der Waals surface area contributed by atoms with Gasteiger partial charge in [0.2, 0.25) is 0 Å². The van der Waals surface area contributed by atoms with Gasteiger partial charge in [0.15, 0.2) is 5.13 Å². The van der Waals surface area contributed by atoms with Gasteiger partial charge in [-0.15, -0.1) is 0 Å². The Hall–Kier alpha value is -3.76. The van der Waals surface area contributed by atoms with Gasteiger partial charge in [0.25, 0.3) is 0 Å². The number of allylic oxidation sites excluding steroid dienone is 1. The number of pyridine rings is 1. The maximum atomic E-state index is 7.00. The fourth-order valence-corrected chi connectivity index (χ4v) is 5.39. The van der Waals surface area contributed by atoms with Crippen molar-refractivity contribution in [1.82, 2.24) is 19.7 Å². The first kappa shape index (κ1) is 26.3. The summed E-state index contributed by atoms with van der Waals surface area (Å²) in [6.07, 6.45) is 15.0. The van der Waals surface area contributed by atoms with E-state index in [0.717, 1.165) is 50.6 Å². The minimum Gasteiger partial charge on any atom is -0.456 e. The van der Waals surface area contributed by atoms with Crippen LogP contribution in [-0.4, -0.2) is 51.3 Å². The molecule has 0 bridgehead atoms. The average Bonchev–Trinajstić information content (AvgIpc) is 3.54. The Morgan fingerprint density at radius 2 is 2.00 bits per heavy atom. The van der Waals surface area contributed by atoms with Crippen LogP contribution in [0.2, 0.25) is 0 Å². The summed E-state index contributed by atoms with van der Waals surface area (Å²) < 4.78 is 9.07. The van der Waals surface area contributed by atoms with E-state index in [0.29, 0.717) is 11.8 Å². The third-order valence-electron chi connectivity index (χ3n) is 6.13. The molecule has 194 valence electrons.